The summed E-state index contributed by atoms with van der Waals surface area (Å²) < 4.78 is 3.59. The zero-order chi connectivity index (χ0) is 24.1. The highest BCUT2D eigenvalue weighted by atomic mass is 16.1. The molecule has 176 valence electrons. The number of hydrogen-bond donors (Lipinski definition) is 2. The maximum Gasteiger partial charge on any atom is 0.278 e. The maximum absolute atomic E-state index is 13.3. The molecule has 1 aliphatic heterocycles. The molecule has 0 amide bonds. The van der Waals surface area contributed by atoms with Gasteiger partial charge in [0.2, 0.25) is 5.95 Å². The van der Waals surface area contributed by atoms with Gasteiger partial charge in [-0.2, -0.15) is 10.2 Å². The van der Waals surface area contributed by atoms with Crippen molar-refractivity contribution in [2.45, 2.75) is 51.6 Å². The van der Waals surface area contributed by atoms with E-state index in [1.54, 1.807) is 10.9 Å². The van der Waals surface area contributed by atoms with Crippen molar-refractivity contribution in [3.63, 3.8) is 0 Å². The smallest absolute Gasteiger partial charge is 0.278 e. The minimum absolute atomic E-state index is 0.0822. The molecule has 2 aromatic heterocycles. The van der Waals surface area contributed by atoms with E-state index in [4.69, 9.17) is 4.98 Å². The lowest BCUT2D eigenvalue weighted by atomic mass is 10.0. The molecule has 4 aromatic rings. The molecule has 0 atom stereocenters. The van der Waals surface area contributed by atoms with Gasteiger partial charge in [-0.3, -0.25) is 4.79 Å². The van der Waals surface area contributed by atoms with Crippen LogP contribution in [-0.2, 0) is 13.0 Å². The van der Waals surface area contributed by atoms with Crippen LogP contribution in [0.4, 0.5) is 11.6 Å². The molecule has 2 N–H and O–H groups in total. The molecule has 6 rings (SSSR count). The van der Waals surface area contributed by atoms with Gasteiger partial charge in [0.1, 0.15) is 5.39 Å². The van der Waals surface area contributed by atoms with E-state index in [-0.39, 0.29) is 11.6 Å². The Morgan fingerprint density at radius 2 is 2.03 bits per heavy atom. The van der Waals surface area contributed by atoms with E-state index in [0.29, 0.717) is 28.5 Å². The average Bonchev–Trinajstić information content (AvgIpc) is 3.67. The fourth-order valence-corrected chi connectivity index (χ4v) is 4.98. The summed E-state index contributed by atoms with van der Waals surface area (Å²) in [5.74, 6) is 0.850. The predicted octanol–water partition coefficient (Wildman–Crippen LogP) is 4.30. The van der Waals surface area contributed by atoms with Crippen molar-refractivity contribution < 1.29 is 0 Å². The molecule has 1 fully saturated rings. The lowest BCUT2D eigenvalue weighted by molar-refractivity contribution is 0.476. The van der Waals surface area contributed by atoms with Crippen molar-refractivity contribution in [3.8, 4) is 11.8 Å². The van der Waals surface area contributed by atoms with Crippen LogP contribution < -0.4 is 16.2 Å². The lowest BCUT2D eigenvalue weighted by Crippen LogP contribution is -2.24. The molecule has 35 heavy (non-hydrogen) atoms. The number of rotatable bonds is 5. The zero-order valence-corrected chi connectivity index (χ0v) is 19.9. The predicted molar refractivity (Wildman–Crippen MR) is 135 cm³/mol. The van der Waals surface area contributed by atoms with Gasteiger partial charge in [-0.1, -0.05) is 6.07 Å². The van der Waals surface area contributed by atoms with Crippen LogP contribution in [0.2, 0.25) is 0 Å². The number of nitriles is 1. The van der Waals surface area contributed by atoms with Gasteiger partial charge in [0.15, 0.2) is 5.65 Å². The fourth-order valence-electron chi connectivity index (χ4n) is 4.98. The number of hydrogen-bond acceptors (Lipinski definition) is 6. The molecular weight excluding hydrogens is 438 g/mol. The first kappa shape index (κ1) is 21.6. The largest absolute Gasteiger partial charge is 0.324 e. The summed E-state index contributed by atoms with van der Waals surface area (Å²) in [7, 11) is 0. The summed E-state index contributed by atoms with van der Waals surface area (Å²) in [6, 6.07) is 14.4. The average molecular weight is 466 g/mol. The molecule has 1 aliphatic carbocycles. The van der Waals surface area contributed by atoms with Crippen molar-refractivity contribution >= 4 is 22.7 Å². The van der Waals surface area contributed by atoms with Gasteiger partial charge < -0.3 is 10.6 Å². The van der Waals surface area contributed by atoms with E-state index >= 15 is 0 Å². The SMILES string of the molecule is CC(C)n1c(=O)c2cnc(Nc3ccc4c(c3)CNCC4)nc2n1-c1ccc(C#N)c(C2CC2)c1. The summed E-state index contributed by atoms with van der Waals surface area (Å²) in [6.07, 6.45) is 4.82. The quantitative estimate of drug-likeness (QED) is 0.456. The summed E-state index contributed by atoms with van der Waals surface area (Å²) >= 11 is 0. The molecule has 0 radical (unpaired) electrons. The van der Waals surface area contributed by atoms with Crippen molar-refractivity contribution in [1.29, 1.82) is 5.26 Å². The Morgan fingerprint density at radius 1 is 1.17 bits per heavy atom. The van der Waals surface area contributed by atoms with Gasteiger partial charge in [-0.15, -0.1) is 0 Å². The first-order chi connectivity index (χ1) is 17.0. The van der Waals surface area contributed by atoms with Crippen molar-refractivity contribution in [2.24, 2.45) is 0 Å². The third kappa shape index (κ3) is 3.78. The summed E-state index contributed by atoms with van der Waals surface area (Å²) in [5.41, 5.74) is 6.55. The Morgan fingerprint density at radius 3 is 2.80 bits per heavy atom. The van der Waals surface area contributed by atoms with Crippen molar-refractivity contribution in [1.82, 2.24) is 24.6 Å². The molecule has 2 aliphatic rings. The van der Waals surface area contributed by atoms with Crippen LogP contribution in [0, 0.1) is 11.3 Å². The summed E-state index contributed by atoms with van der Waals surface area (Å²) in [5, 5.41) is 16.8. The van der Waals surface area contributed by atoms with Gasteiger partial charge in [0, 0.05) is 24.5 Å². The molecule has 8 heteroatoms. The van der Waals surface area contributed by atoms with Gasteiger partial charge in [0.05, 0.1) is 17.3 Å². The standard InChI is InChI=1S/C27H27N7O/c1-16(2)33-26(35)24-15-30-27(31-21-7-5-17-9-10-29-14-20(17)11-21)32-25(24)34(33)22-8-6-19(13-28)23(12-22)18-3-4-18/h5-8,11-12,15-16,18,29H,3-4,9-10,14H2,1-2H3,(H,30,31,32). The van der Waals surface area contributed by atoms with Crippen LogP contribution in [-0.4, -0.2) is 25.9 Å². The fraction of sp³-hybridized carbons (Fsp3) is 0.333. The molecule has 2 aromatic carbocycles. The minimum atomic E-state index is -0.126. The lowest BCUT2D eigenvalue weighted by Gasteiger charge is -2.18. The topological polar surface area (TPSA) is 101 Å². The highest BCUT2D eigenvalue weighted by Gasteiger charge is 2.27. The number of nitrogens with zero attached hydrogens (tertiary/aromatic N) is 5. The summed E-state index contributed by atoms with van der Waals surface area (Å²) in [4.78, 5) is 22.6. The summed E-state index contributed by atoms with van der Waals surface area (Å²) in [6.45, 7) is 5.82. The molecule has 0 spiro atoms. The molecule has 1 saturated carbocycles. The van der Waals surface area contributed by atoms with E-state index in [2.05, 4.69) is 33.8 Å². The van der Waals surface area contributed by atoms with Gasteiger partial charge >= 0.3 is 0 Å². The zero-order valence-electron chi connectivity index (χ0n) is 19.9. The molecule has 3 heterocycles. The molecule has 8 nitrogen and oxygen atoms in total. The molecule has 0 saturated heterocycles. The minimum Gasteiger partial charge on any atom is -0.324 e. The van der Waals surface area contributed by atoms with Crippen LogP contribution in [0.5, 0.6) is 0 Å². The second kappa shape index (κ2) is 8.36. The molecular formula is C27H27N7O. The monoisotopic (exact) mass is 465 g/mol. The van der Waals surface area contributed by atoms with Crippen LogP contribution in [0.3, 0.4) is 0 Å². The second-order valence-corrected chi connectivity index (χ2v) is 9.68. The number of aromatic nitrogens is 4. The first-order valence-corrected chi connectivity index (χ1v) is 12.2. The number of nitrogens with one attached hydrogen (secondary N) is 2. The van der Waals surface area contributed by atoms with E-state index in [0.717, 1.165) is 49.3 Å². The van der Waals surface area contributed by atoms with Gasteiger partial charge in [-0.05, 0) is 92.6 Å². The van der Waals surface area contributed by atoms with E-state index in [1.165, 1.54) is 11.1 Å². The molecule has 0 bridgehead atoms. The highest BCUT2D eigenvalue weighted by Crippen LogP contribution is 2.42. The van der Waals surface area contributed by atoms with Crippen molar-refractivity contribution in [2.75, 3.05) is 11.9 Å². The van der Waals surface area contributed by atoms with Gasteiger partial charge in [0.25, 0.3) is 5.56 Å². The van der Waals surface area contributed by atoms with E-state index in [9.17, 15) is 10.1 Å². The first-order valence-electron chi connectivity index (χ1n) is 12.2. The number of fused-ring (bicyclic) bond motifs is 2. The Labute approximate surface area is 203 Å². The molecule has 0 unspecified atom stereocenters. The third-order valence-corrected chi connectivity index (χ3v) is 6.88. The van der Waals surface area contributed by atoms with E-state index < -0.39 is 0 Å². The third-order valence-electron chi connectivity index (χ3n) is 6.88. The Kier molecular flexibility index (Phi) is 5.15. The normalized spacial score (nSPS) is 15.3. The van der Waals surface area contributed by atoms with Gasteiger partial charge in [-0.25, -0.2) is 14.3 Å². The number of benzene rings is 2. The van der Waals surface area contributed by atoms with Crippen molar-refractivity contribution in [3.05, 3.63) is 75.2 Å². The Balaban J connectivity index is 1.47. The second-order valence-electron chi connectivity index (χ2n) is 9.68. The Bertz CT molecular complexity index is 1550. The number of anilines is 2. The van der Waals surface area contributed by atoms with Crippen LogP contribution in [0.25, 0.3) is 16.7 Å². The highest BCUT2D eigenvalue weighted by molar-refractivity contribution is 5.77. The maximum atomic E-state index is 13.3. The van der Waals surface area contributed by atoms with E-state index in [1.807, 2.05) is 42.8 Å². The Hall–Kier alpha value is -3.96. The van der Waals surface area contributed by atoms with Crippen LogP contribution in [0.15, 0.2) is 47.4 Å². The van der Waals surface area contributed by atoms with Crippen LogP contribution in [0.1, 0.15) is 60.9 Å². The van der Waals surface area contributed by atoms with Crippen LogP contribution >= 0.6 is 0 Å².